The van der Waals surface area contributed by atoms with Gasteiger partial charge in [-0.1, -0.05) is 42.5 Å². The molecule has 2 aromatic rings. The van der Waals surface area contributed by atoms with Gasteiger partial charge < -0.3 is 5.32 Å². The van der Waals surface area contributed by atoms with Crippen LogP contribution in [0.4, 0.5) is 5.69 Å². The highest BCUT2D eigenvalue weighted by atomic mass is 32.2. The lowest BCUT2D eigenvalue weighted by molar-refractivity contribution is 0.459. The van der Waals surface area contributed by atoms with Gasteiger partial charge in [-0.25, -0.2) is 0 Å². The first kappa shape index (κ1) is 17.5. The Hall–Kier alpha value is -1.85. The lowest BCUT2D eigenvalue weighted by Crippen LogP contribution is -2.23. The first-order valence-electron chi connectivity index (χ1n) is 7.72. The molecule has 0 aliphatic heterocycles. The van der Waals surface area contributed by atoms with Crippen LogP contribution in [0, 0.1) is 12.8 Å². The minimum atomic E-state index is -3.98. The summed E-state index contributed by atoms with van der Waals surface area (Å²) in [6.45, 7) is 2.52. The maximum Gasteiger partial charge on any atom is 0.265 e. The van der Waals surface area contributed by atoms with E-state index in [9.17, 15) is 13.0 Å². The van der Waals surface area contributed by atoms with E-state index in [1.165, 1.54) is 5.56 Å². The Morgan fingerprint density at radius 1 is 1.09 bits per heavy atom. The lowest BCUT2D eigenvalue weighted by Gasteiger charge is -2.17. The summed E-state index contributed by atoms with van der Waals surface area (Å²) in [5.74, 6) is -0.371. The number of rotatable bonds is 8. The van der Waals surface area contributed by atoms with Crippen LogP contribution in [0.5, 0.6) is 0 Å². The number of hydrogen-bond donors (Lipinski definition) is 2. The summed E-state index contributed by atoms with van der Waals surface area (Å²) < 4.78 is 31.7. The molecule has 4 nitrogen and oxygen atoms in total. The molecule has 0 saturated carbocycles. The van der Waals surface area contributed by atoms with Crippen molar-refractivity contribution in [2.75, 3.05) is 17.6 Å². The van der Waals surface area contributed by atoms with Crippen molar-refractivity contribution in [2.45, 2.75) is 19.8 Å². The second-order valence-corrected chi connectivity index (χ2v) is 7.39. The monoisotopic (exact) mass is 333 g/mol. The van der Waals surface area contributed by atoms with Crippen molar-refractivity contribution in [1.82, 2.24) is 0 Å². The fourth-order valence-corrected chi connectivity index (χ4v) is 3.46. The van der Waals surface area contributed by atoms with E-state index < -0.39 is 10.1 Å². The molecular formula is C18H23NO3S. The zero-order chi connectivity index (χ0) is 16.7. The average molecular weight is 333 g/mol. The third-order valence-corrected chi connectivity index (χ3v) is 4.64. The Labute approximate surface area is 138 Å². The van der Waals surface area contributed by atoms with Crippen LogP contribution in [0.2, 0.25) is 0 Å². The van der Waals surface area contributed by atoms with E-state index in [0.717, 1.165) is 17.7 Å². The summed E-state index contributed by atoms with van der Waals surface area (Å²) in [6, 6.07) is 17.9. The van der Waals surface area contributed by atoms with Crippen LogP contribution in [-0.2, 0) is 16.5 Å². The molecule has 2 aromatic carbocycles. The van der Waals surface area contributed by atoms with Crippen LogP contribution in [0.15, 0.2) is 54.6 Å². The molecule has 0 aliphatic rings. The largest absolute Gasteiger partial charge is 0.385 e. The molecule has 2 rings (SSSR count). The van der Waals surface area contributed by atoms with Gasteiger partial charge in [-0.3, -0.25) is 4.55 Å². The number of aryl methyl sites for hydroxylation is 2. The highest BCUT2D eigenvalue weighted by molar-refractivity contribution is 7.85. The first-order chi connectivity index (χ1) is 10.9. The van der Waals surface area contributed by atoms with Gasteiger partial charge in [-0.05, 0) is 48.9 Å². The van der Waals surface area contributed by atoms with Gasteiger partial charge in [0, 0.05) is 12.2 Å². The topological polar surface area (TPSA) is 66.4 Å². The predicted octanol–water partition coefficient (Wildman–Crippen LogP) is 3.54. The van der Waals surface area contributed by atoms with Crippen molar-refractivity contribution in [2.24, 2.45) is 5.92 Å². The number of nitrogens with one attached hydrogen (secondary N) is 1. The van der Waals surface area contributed by atoms with Crippen molar-refractivity contribution in [3.63, 3.8) is 0 Å². The van der Waals surface area contributed by atoms with Gasteiger partial charge in [-0.15, -0.1) is 0 Å². The van der Waals surface area contributed by atoms with Crippen LogP contribution in [0.3, 0.4) is 0 Å². The van der Waals surface area contributed by atoms with Crippen LogP contribution >= 0.6 is 0 Å². The fourth-order valence-electron chi connectivity index (χ4n) is 2.57. The molecule has 0 saturated heterocycles. The third-order valence-electron chi connectivity index (χ3n) is 3.74. The molecule has 0 bridgehead atoms. The van der Waals surface area contributed by atoms with Gasteiger partial charge in [0.15, 0.2) is 0 Å². The smallest absolute Gasteiger partial charge is 0.265 e. The zero-order valence-corrected chi connectivity index (χ0v) is 14.1. The fraction of sp³-hybridized carbons (Fsp3) is 0.333. The SMILES string of the molecule is Cc1cccc(NCC(CCc2ccccc2)CS(=O)(=O)O)c1. The maximum atomic E-state index is 11.2. The van der Waals surface area contributed by atoms with Crippen LogP contribution in [0.25, 0.3) is 0 Å². The van der Waals surface area contributed by atoms with Crippen molar-refractivity contribution >= 4 is 15.8 Å². The van der Waals surface area contributed by atoms with Crippen molar-refractivity contribution < 1.29 is 13.0 Å². The zero-order valence-electron chi connectivity index (χ0n) is 13.3. The summed E-state index contributed by atoms with van der Waals surface area (Å²) in [7, 11) is -3.98. The van der Waals surface area contributed by atoms with Crippen molar-refractivity contribution in [1.29, 1.82) is 0 Å². The molecule has 0 amide bonds. The van der Waals surface area contributed by atoms with E-state index >= 15 is 0 Å². The molecular weight excluding hydrogens is 310 g/mol. The van der Waals surface area contributed by atoms with Crippen LogP contribution < -0.4 is 5.32 Å². The molecule has 5 heteroatoms. The summed E-state index contributed by atoms with van der Waals surface area (Å²) in [5, 5.41) is 3.27. The Balaban J connectivity index is 1.96. The molecule has 0 radical (unpaired) electrons. The molecule has 0 fully saturated rings. The number of benzene rings is 2. The highest BCUT2D eigenvalue weighted by Gasteiger charge is 2.17. The molecule has 0 aromatic heterocycles. The quantitative estimate of drug-likeness (QED) is 0.725. The number of hydrogen-bond acceptors (Lipinski definition) is 3. The van der Waals surface area contributed by atoms with E-state index in [2.05, 4.69) is 5.32 Å². The van der Waals surface area contributed by atoms with Gasteiger partial charge in [0.1, 0.15) is 0 Å². The minimum Gasteiger partial charge on any atom is -0.385 e. The first-order valence-corrected chi connectivity index (χ1v) is 9.33. The van der Waals surface area contributed by atoms with Gasteiger partial charge in [0.25, 0.3) is 10.1 Å². The van der Waals surface area contributed by atoms with E-state index in [0.29, 0.717) is 13.0 Å². The highest BCUT2D eigenvalue weighted by Crippen LogP contribution is 2.15. The molecule has 1 atom stereocenters. The van der Waals surface area contributed by atoms with Crippen molar-refractivity contribution in [3.05, 3.63) is 65.7 Å². The van der Waals surface area contributed by atoms with Gasteiger partial charge in [0.05, 0.1) is 5.75 Å². The Kier molecular flexibility index (Phi) is 6.19. The second kappa shape index (κ2) is 8.13. The summed E-state index contributed by atoms with van der Waals surface area (Å²) in [4.78, 5) is 0. The average Bonchev–Trinajstić information content (AvgIpc) is 2.50. The Morgan fingerprint density at radius 2 is 1.83 bits per heavy atom. The Bertz CT molecular complexity index is 714. The van der Waals surface area contributed by atoms with Gasteiger partial charge in [0.2, 0.25) is 0 Å². The molecule has 23 heavy (non-hydrogen) atoms. The second-order valence-electron chi connectivity index (χ2n) is 5.89. The van der Waals surface area contributed by atoms with Crippen molar-refractivity contribution in [3.8, 4) is 0 Å². The maximum absolute atomic E-state index is 11.2. The standard InChI is InChI=1S/C18H23NO3S/c1-15-6-5-9-18(12-15)19-13-17(14-23(20,21)22)11-10-16-7-3-2-4-8-16/h2-9,12,17,19H,10-11,13-14H2,1H3,(H,20,21,22). The molecule has 0 spiro atoms. The summed E-state index contributed by atoms with van der Waals surface area (Å²) >= 11 is 0. The van der Waals surface area contributed by atoms with Gasteiger partial charge in [-0.2, -0.15) is 8.42 Å². The van der Waals surface area contributed by atoms with Crippen LogP contribution in [-0.4, -0.2) is 25.3 Å². The Morgan fingerprint density at radius 3 is 2.48 bits per heavy atom. The molecule has 0 heterocycles. The molecule has 0 aliphatic carbocycles. The van der Waals surface area contributed by atoms with E-state index in [4.69, 9.17) is 0 Å². The lowest BCUT2D eigenvalue weighted by atomic mass is 10.0. The van der Waals surface area contributed by atoms with E-state index in [-0.39, 0.29) is 11.7 Å². The third kappa shape index (κ3) is 6.84. The predicted molar refractivity (Wildman–Crippen MR) is 94.3 cm³/mol. The van der Waals surface area contributed by atoms with Gasteiger partial charge >= 0.3 is 0 Å². The molecule has 1 unspecified atom stereocenters. The summed E-state index contributed by atoms with van der Waals surface area (Å²) in [5.41, 5.74) is 3.28. The van der Waals surface area contributed by atoms with E-state index in [1.54, 1.807) is 0 Å². The molecule has 124 valence electrons. The number of anilines is 1. The molecule has 2 N–H and O–H groups in total. The normalized spacial score (nSPS) is 12.8. The summed E-state index contributed by atoms with van der Waals surface area (Å²) in [6.07, 6.45) is 1.49. The minimum absolute atomic E-state index is 0.147. The van der Waals surface area contributed by atoms with Crippen LogP contribution in [0.1, 0.15) is 17.5 Å². The van der Waals surface area contributed by atoms with E-state index in [1.807, 2.05) is 61.5 Å².